The lowest BCUT2D eigenvalue weighted by Crippen LogP contribution is -2.50. The number of rotatable bonds is 6. The van der Waals surface area contributed by atoms with Crippen molar-refractivity contribution in [3.05, 3.63) is 16.7 Å². The number of sulfonamides is 1. The van der Waals surface area contributed by atoms with Crippen LogP contribution in [0.25, 0.3) is 0 Å². The number of nitrogens with one attached hydrogen (secondary N) is 2. The minimum absolute atomic E-state index is 0.202. The smallest absolute Gasteiger partial charge is 0.244 e. The van der Waals surface area contributed by atoms with Gasteiger partial charge in [0.25, 0.3) is 0 Å². The van der Waals surface area contributed by atoms with Crippen LogP contribution in [0.15, 0.2) is 21.6 Å². The van der Waals surface area contributed by atoms with Gasteiger partial charge in [-0.25, -0.2) is 18.1 Å². The predicted molar refractivity (Wildman–Crippen MR) is 83.3 cm³/mol. The van der Waals surface area contributed by atoms with Crippen LogP contribution in [0.4, 0.5) is 5.82 Å². The SMILES string of the molecule is CCCNc1ncc(Br)cc1S(=O)(=O)NC1(C)CCC1. The standard InChI is InChI=1S/C13H20BrN3O2S/c1-3-7-15-12-11(8-10(14)9-16-12)20(18,19)17-13(2)5-4-6-13/h8-9,17H,3-7H2,1-2H3,(H,15,16). The van der Waals surface area contributed by atoms with E-state index in [0.717, 1.165) is 25.7 Å². The Labute approximate surface area is 128 Å². The zero-order chi connectivity index (χ0) is 14.8. The van der Waals surface area contributed by atoms with Gasteiger partial charge in [0, 0.05) is 22.8 Å². The van der Waals surface area contributed by atoms with Crippen LogP contribution in [0.1, 0.15) is 39.5 Å². The maximum absolute atomic E-state index is 12.6. The molecule has 0 unspecified atom stereocenters. The van der Waals surface area contributed by atoms with Crippen molar-refractivity contribution in [2.24, 2.45) is 0 Å². The number of pyridine rings is 1. The molecular formula is C13H20BrN3O2S. The first-order valence-electron chi connectivity index (χ1n) is 6.80. The van der Waals surface area contributed by atoms with E-state index in [1.165, 1.54) is 0 Å². The average molecular weight is 362 g/mol. The maximum atomic E-state index is 12.6. The van der Waals surface area contributed by atoms with Crippen LogP contribution in [-0.4, -0.2) is 25.5 Å². The van der Waals surface area contributed by atoms with Crippen LogP contribution >= 0.6 is 15.9 Å². The van der Waals surface area contributed by atoms with E-state index < -0.39 is 10.0 Å². The molecule has 112 valence electrons. The highest BCUT2D eigenvalue weighted by Crippen LogP contribution is 2.33. The van der Waals surface area contributed by atoms with Gasteiger partial charge >= 0.3 is 0 Å². The molecule has 0 aliphatic heterocycles. The second kappa shape index (κ2) is 5.99. The van der Waals surface area contributed by atoms with Crippen molar-refractivity contribution in [3.8, 4) is 0 Å². The number of aromatic nitrogens is 1. The molecule has 20 heavy (non-hydrogen) atoms. The molecule has 1 aliphatic rings. The van der Waals surface area contributed by atoms with Crippen LogP contribution in [-0.2, 0) is 10.0 Å². The molecule has 0 radical (unpaired) electrons. The number of nitrogens with zero attached hydrogens (tertiary/aromatic N) is 1. The second-order valence-electron chi connectivity index (χ2n) is 5.45. The maximum Gasteiger partial charge on any atom is 0.244 e. The molecule has 1 fully saturated rings. The third kappa shape index (κ3) is 3.51. The minimum Gasteiger partial charge on any atom is -0.369 e. The Balaban J connectivity index is 2.31. The summed E-state index contributed by atoms with van der Waals surface area (Å²) in [6.07, 6.45) is 5.33. The van der Waals surface area contributed by atoms with Gasteiger partial charge in [-0.05, 0) is 54.6 Å². The van der Waals surface area contributed by atoms with Crippen LogP contribution in [0.5, 0.6) is 0 Å². The zero-order valence-electron chi connectivity index (χ0n) is 11.7. The summed E-state index contributed by atoms with van der Waals surface area (Å²) >= 11 is 3.29. The van der Waals surface area contributed by atoms with E-state index >= 15 is 0 Å². The van der Waals surface area contributed by atoms with Crippen LogP contribution in [0.3, 0.4) is 0 Å². The summed E-state index contributed by atoms with van der Waals surface area (Å²) in [4.78, 5) is 4.38. The normalized spacial score (nSPS) is 17.6. The van der Waals surface area contributed by atoms with Gasteiger partial charge in [0.15, 0.2) is 0 Å². The van der Waals surface area contributed by atoms with Gasteiger partial charge < -0.3 is 5.32 Å². The number of hydrogen-bond donors (Lipinski definition) is 2. The molecule has 0 atom stereocenters. The second-order valence-corrected chi connectivity index (χ2v) is 8.01. The Morgan fingerprint density at radius 1 is 1.45 bits per heavy atom. The average Bonchev–Trinajstić information content (AvgIpc) is 2.35. The van der Waals surface area contributed by atoms with Gasteiger partial charge in [0.05, 0.1) is 0 Å². The zero-order valence-corrected chi connectivity index (χ0v) is 14.1. The summed E-state index contributed by atoms with van der Waals surface area (Å²) in [6.45, 7) is 4.65. The highest BCUT2D eigenvalue weighted by molar-refractivity contribution is 9.10. The molecular weight excluding hydrogens is 342 g/mol. The monoisotopic (exact) mass is 361 g/mol. The third-order valence-electron chi connectivity index (χ3n) is 3.49. The summed E-state index contributed by atoms with van der Waals surface area (Å²) in [5.74, 6) is 0.408. The number of hydrogen-bond acceptors (Lipinski definition) is 4. The first-order valence-corrected chi connectivity index (χ1v) is 9.07. The fourth-order valence-electron chi connectivity index (χ4n) is 2.19. The molecule has 0 bridgehead atoms. The fourth-order valence-corrected chi connectivity index (χ4v) is 4.30. The van der Waals surface area contributed by atoms with E-state index in [1.54, 1.807) is 12.3 Å². The molecule has 1 saturated carbocycles. The lowest BCUT2D eigenvalue weighted by atomic mass is 9.80. The Bertz CT molecular complexity index is 585. The molecule has 0 spiro atoms. The molecule has 7 heteroatoms. The van der Waals surface area contributed by atoms with Crippen LogP contribution < -0.4 is 10.0 Å². The van der Waals surface area contributed by atoms with E-state index in [1.807, 2.05) is 13.8 Å². The molecule has 2 rings (SSSR count). The van der Waals surface area contributed by atoms with Crippen LogP contribution in [0, 0.1) is 0 Å². The minimum atomic E-state index is -3.57. The first kappa shape index (κ1) is 15.7. The summed E-state index contributed by atoms with van der Waals surface area (Å²) in [7, 11) is -3.57. The Hall–Kier alpha value is -0.660. The van der Waals surface area contributed by atoms with Gasteiger partial charge in [-0.15, -0.1) is 0 Å². The van der Waals surface area contributed by atoms with E-state index in [4.69, 9.17) is 0 Å². The molecule has 0 saturated heterocycles. The number of anilines is 1. The van der Waals surface area contributed by atoms with E-state index in [0.29, 0.717) is 16.8 Å². The lowest BCUT2D eigenvalue weighted by molar-refractivity contribution is 0.248. The van der Waals surface area contributed by atoms with Gasteiger partial charge in [-0.1, -0.05) is 6.92 Å². The summed E-state index contributed by atoms with van der Waals surface area (Å²) in [5.41, 5.74) is -0.316. The number of halogens is 1. The van der Waals surface area contributed by atoms with E-state index in [9.17, 15) is 8.42 Å². The van der Waals surface area contributed by atoms with E-state index in [-0.39, 0.29) is 10.4 Å². The first-order chi connectivity index (χ1) is 9.36. The third-order valence-corrected chi connectivity index (χ3v) is 5.57. The highest BCUT2D eigenvalue weighted by Gasteiger charge is 2.37. The van der Waals surface area contributed by atoms with Crippen molar-refractivity contribution in [2.75, 3.05) is 11.9 Å². The van der Waals surface area contributed by atoms with Gasteiger partial charge in [0.2, 0.25) is 10.0 Å². The lowest BCUT2D eigenvalue weighted by Gasteiger charge is -2.38. The topological polar surface area (TPSA) is 71.1 Å². The quantitative estimate of drug-likeness (QED) is 0.816. The summed E-state index contributed by atoms with van der Waals surface area (Å²) in [6, 6.07) is 1.59. The van der Waals surface area contributed by atoms with Gasteiger partial charge in [0.1, 0.15) is 10.7 Å². The molecule has 1 aliphatic carbocycles. The molecule has 2 N–H and O–H groups in total. The van der Waals surface area contributed by atoms with Gasteiger partial charge in [-0.2, -0.15) is 0 Å². The Kier molecular flexibility index (Phi) is 4.71. The van der Waals surface area contributed by atoms with Gasteiger partial charge in [-0.3, -0.25) is 0 Å². The van der Waals surface area contributed by atoms with Crippen LogP contribution in [0.2, 0.25) is 0 Å². The highest BCUT2D eigenvalue weighted by atomic mass is 79.9. The predicted octanol–water partition coefficient (Wildman–Crippen LogP) is 2.89. The molecule has 5 nitrogen and oxygen atoms in total. The van der Waals surface area contributed by atoms with Crippen molar-refractivity contribution < 1.29 is 8.42 Å². The Morgan fingerprint density at radius 3 is 2.70 bits per heavy atom. The molecule has 1 heterocycles. The van der Waals surface area contributed by atoms with E-state index in [2.05, 4.69) is 31.0 Å². The molecule has 0 aromatic carbocycles. The molecule has 1 aromatic heterocycles. The van der Waals surface area contributed by atoms with Crippen molar-refractivity contribution in [1.29, 1.82) is 0 Å². The van der Waals surface area contributed by atoms with Crippen molar-refractivity contribution in [3.63, 3.8) is 0 Å². The molecule has 0 amide bonds. The van der Waals surface area contributed by atoms with Crippen molar-refractivity contribution in [2.45, 2.75) is 50.0 Å². The van der Waals surface area contributed by atoms with Crippen molar-refractivity contribution >= 4 is 31.8 Å². The fraction of sp³-hybridized carbons (Fsp3) is 0.615. The summed E-state index contributed by atoms with van der Waals surface area (Å²) in [5, 5.41) is 3.07. The largest absolute Gasteiger partial charge is 0.369 e. The Morgan fingerprint density at radius 2 is 2.15 bits per heavy atom. The van der Waals surface area contributed by atoms with Crippen molar-refractivity contribution in [1.82, 2.24) is 9.71 Å². The molecule has 1 aromatic rings. The summed E-state index contributed by atoms with van der Waals surface area (Å²) < 4.78 is 28.6.